The molecule has 0 spiro atoms. The molecule has 0 fully saturated rings. The summed E-state index contributed by atoms with van der Waals surface area (Å²) in [6, 6.07) is 0. The molecule has 1 aromatic rings. The molecule has 1 heterocycles. The van der Waals surface area contributed by atoms with Crippen molar-refractivity contribution in [3.8, 4) is 0 Å². The van der Waals surface area contributed by atoms with E-state index < -0.39 is 5.60 Å². The highest BCUT2D eigenvalue weighted by Gasteiger charge is 2.20. The molecule has 5 heteroatoms. The summed E-state index contributed by atoms with van der Waals surface area (Å²) in [5.41, 5.74) is 6.65. The maximum atomic E-state index is 9.73. The number of likely N-dealkylation sites (N-methyl/N-ethyl adjacent to an activating group) is 1. The molecule has 86 valence electrons. The number of hydrogen-bond acceptors (Lipinski definition) is 4. The zero-order valence-electron chi connectivity index (χ0n) is 10.1. The Balaban J connectivity index is 2.96. The second-order valence-corrected chi connectivity index (χ2v) is 4.61. The lowest BCUT2D eigenvalue weighted by atomic mass is 10.1. The van der Waals surface area contributed by atoms with Gasteiger partial charge in [-0.25, -0.2) is 0 Å². The largest absolute Gasteiger partial charge is 0.394 e. The van der Waals surface area contributed by atoms with Gasteiger partial charge in [0.25, 0.3) is 0 Å². The van der Waals surface area contributed by atoms with Gasteiger partial charge in [-0.2, -0.15) is 5.10 Å². The van der Waals surface area contributed by atoms with Gasteiger partial charge in [-0.15, -0.1) is 0 Å². The first-order valence-electron chi connectivity index (χ1n) is 4.95. The van der Waals surface area contributed by atoms with Gasteiger partial charge in [-0.3, -0.25) is 4.68 Å². The molecule has 0 aliphatic heterocycles. The smallest absolute Gasteiger partial charge is 0.150 e. The normalized spacial score (nSPS) is 11.9. The molecule has 1 aromatic heterocycles. The Kier molecular flexibility index (Phi) is 2.95. The van der Waals surface area contributed by atoms with Crippen LogP contribution in [0.4, 0.5) is 11.5 Å². The molecule has 0 unspecified atom stereocenters. The molecule has 1 rings (SSSR count). The fourth-order valence-corrected chi connectivity index (χ4v) is 1.77. The average molecular weight is 212 g/mol. The number of nitrogen functional groups attached to an aromatic ring is 1. The molecule has 3 N–H and O–H groups in total. The van der Waals surface area contributed by atoms with E-state index >= 15 is 0 Å². The lowest BCUT2D eigenvalue weighted by Crippen LogP contribution is -2.37. The minimum absolute atomic E-state index is 0.510. The fourth-order valence-electron chi connectivity index (χ4n) is 1.77. The fraction of sp³-hybridized carbons (Fsp3) is 0.700. The van der Waals surface area contributed by atoms with Gasteiger partial charge in [-0.05, 0) is 20.8 Å². The molecule has 15 heavy (non-hydrogen) atoms. The number of rotatable bonds is 3. The van der Waals surface area contributed by atoms with Crippen molar-refractivity contribution in [1.82, 2.24) is 9.78 Å². The predicted molar refractivity (Wildman–Crippen MR) is 61.9 cm³/mol. The topological polar surface area (TPSA) is 67.3 Å². The molecule has 0 atom stereocenters. The number of aryl methyl sites for hydroxylation is 2. The lowest BCUT2D eigenvalue weighted by Gasteiger charge is -2.27. The number of anilines is 2. The lowest BCUT2D eigenvalue weighted by molar-refractivity contribution is 0.0883. The Hall–Kier alpha value is -1.23. The molecule has 5 nitrogen and oxygen atoms in total. The summed E-state index contributed by atoms with van der Waals surface area (Å²) in [5, 5.41) is 14.0. The minimum Gasteiger partial charge on any atom is -0.394 e. The maximum absolute atomic E-state index is 9.73. The van der Waals surface area contributed by atoms with Gasteiger partial charge in [0, 0.05) is 20.6 Å². The van der Waals surface area contributed by atoms with Crippen LogP contribution in [0.25, 0.3) is 0 Å². The van der Waals surface area contributed by atoms with Gasteiger partial charge in [0.15, 0.2) is 0 Å². The van der Waals surface area contributed by atoms with Crippen molar-refractivity contribution in [3.05, 3.63) is 5.69 Å². The van der Waals surface area contributed by atoms with Crippen LogP contribution in [0, 0.1) is 6.92 Å². The summed E-state index contributed by atoms with van der Waals surface area (Å²) in [6.45, 7) is 5.92. The third-order valence-electron chi connectivity index (χ3n) is 2.22. The van der Waals surface area contributed by atoms with Crippen LogP contribution in [0.1, 0.15) is 19.5 Å². The first-order chi connectivity index (χ1) is 6.72. The van der Waals surface area contributed by atoms with Crippen molar-refractivity contribution in [2.24, 2.45) is 7.05 Å². The molecule has 0 bridgehead atoms. The maximum Gasteiger partial charge on any atom is 0.150 e. The van der Waals surface area contributed by atoms with Crippen molar-refractivity contribution in [2.45, 2.75) is 26.4 Å². The quantitative estimate of drug-likeness (QED) is 0.766. The van der Waals surface area contributed by atoms with Crippen LogP contribution in [-0.4, -0.2) is 34.1 Å². The third kappa shape index (κ3) is 2.62. The Morgan fingerprint density at radius 3 is 2.40 bits per heavy atom. The molecule has 0 radical (unpaired) electrons. The van der Waals surface area contributed by atoms with Gasteiger partial charge >= 0.3 is 0 Å². The number of aromatic nitrogens is 2. The van der Waals surface area contributed by atoms with E-state index in [9.17, 15) is 5.11 Å². The van der Waals surface area contributed by atoms with E-state index in [1.54, 1.807) is 18.5 Å². The molecule has 0 aliphatic rings. The van der Waals surface area contributed by atoms with E-state index in [4.69, 9.17) is 5.73 Å². The van der Waals surface area contributed by atoms with Crippen LogP contribution in [0.2, 0.25) is 0 Å². The van der Waals surface area contributed by atoms with Crippen LogP contribution >= 0.6 is 0 Å². The highest BCUT2D eigenvalue weighted by atomic mass is 16.3. The van der Waals surface area contributed by atoms with E-state index in [0.717, 1.165) is 11.5 Å². The Morgan fingerprint density at radius 1 is 1.53 bits per heavy atom. The molecule has 0 saturated carbocycles. The van der Waals surface area contributed by atoms with Crippen molar-refractivity contribution < 1.29 is 5.11 Å². The highest BCUT2D eigenvalue weighted by Crippen LogP contribution is 2.25. The monoisotopic (exact) mass is 212 g/mol. The van der Waals surface area contributed by atoms with Crippen molar-refractivity contribution >= 4 is 11.5 Å². The first kappa shape index (κ1) is 11.8. The zero-order chi connectivity index (χ0) is 11.8. The van der Waals surface area contributed by atoms with Crippen molar-refractivity contribution in [2.75, 3.05) is 24.2 Å². The summed E-state index contributed by atoms with van der Waals surface area (Å²) in [4.78, 5) is 1.91. The Morgan fingerprint density at radius 2 is 2.07 bits per heavy atom. The van der Waals surface area contributed by atoms with Crippen LogP contribution in [0.15, 0.2) is 0 Å². The SMILES string of the molecule is Cc1nn(C)c(N(C)CC(C)(C)O)c1N. The number of nitrogens with zero attached hydrogens (tertiary/aromatic N) is 3. The van der Waals surface area contributed by atoms with E-state index in [0.29, 0.717) is 12.2 Å². The van der Waals surface area contributed by atoms with Crippen molar-refractivity contribution in [1.29, 1.82) is 0 Å². The van der Waals surface area contributed by atoms with E-state index in [1.807, 2.05) is 25.9 Å². The zero-order valence-corrected chi connectivity index (χ0v) is 10.1. The summed E-state index contributed by atoms with van der Waals surface area (Å²) in [6.07, 6.45) is 0. The Bertz CT molecular complexity index is 351. The van der Waals surface area contributed by atoms with Gasteiger partial charge in [0.05, 0.1) is 17.0 Å². The molecular formula is C10H20N4O. The summed E-state index contributed by atoms with van der Waals surface area (Å²) < 4.78 is 1.73. The second-order valence-electron chi connectivity index (χ2n) is 4.61. The van der Waals surface area contributed by atoms with E-state index in [1.165, 1.54) is 0 Å². The van der Waals surface area contributed by atoms with E-state index in [2.05, 4.69) is 5.10 Å². The highest BCUT2D eigenvalue weighted by molar-refractivity contribution is 5.65. The number of nitrogens with two attached hydrogens (primary N) is 1. The van der Waals surface area contributed by atoms with E-state index in [-0.39, 0.29) is 0 Å². The first-order valence-corrected chi connectivity index (χ1v) is 4.95. The van der Waals surface area contributed by atoms with Crippen LogP contribution in [-0.2, 0) is 7.05 Å². The van der Waals surface area contributed by atoms with Crippen LogP contribution in [0.3, 0.4) is 0 Å². The summed E-state index contributed by atoms with van der Waals surface area (Å²) >= 11 is 0. The van der Waals surface area contributed by atoms with Crippen molar-refractivity contribution in [3.63, 3.8) is 0 Å². The number of hydrogen-bond donors (Lipinski definition) is 2. The summed E-state index contributed by atoms with van der Waals surface area (Å²) in [7, 11) is 3.74. The molecule has 0 aromatic carbocycles. The summed E-state index contributed by atoms with van der Waals surface area (Å²) in [5.74, 6) is 0.842. The Labute approximate surface area is 90.5 Å². The minimum atomic E-state index is -0.751. The predicted octanol–water partition coefficient (Wildman–Crippen LogP) is 0.518. The van der Waals surface area contributed by atoms with Gasteiger partial charge in [-0.1, -0.05) is 0 Å². The van der Waals surface area contributed by atoms with Crippen LogP contribution < -0.4 is 10.6 Å². The number of aliphatic hydroxyl groups is 1. The molecule has 0 aliphatic carbocycles. The second kappa shape index (κ2) is 3.73. The average Bonchev–Trinajstić information content (AvgIpc) is 2.22. The molecular weight excluding hydrogens is 192 g/mol. The molecule has 0 amide bonds. The standard InChI is InChI=1S/C10H20N4O/c1-7-8(11)9(14(5)12-7)13(4)6-10(2,3)15/h15H,6,11H2,1-5H3. The van der Waals surface area contributed by atoms with Crippen LogP contribution in [0.5, 0.6) is 0 Å². The van der Waals surface area contributed by atoms with Gasteiger partial charge in [0.2, 0.25) is 0 Å². The molecule has 0 saturated heterocycles. The third-order valence-corrected chi connectivity index (χ3v) is 2.22. The van der Waals surface area contributed by atoms with Gasteiger partial charge < -0.3 is 15.7 Å². The van der Waals surface area contributed by atoms with Gasteiger partial charge in [0.1, 0.15) is 5.82 Å².